The molecular formula is C109H72B2N6S. The second-order valence-corrected chi connectivity index (χ2v) is 32.4. The highest BCUT2D eigenvalue weighted by Gasteiger charge is 2.55. The fourth-order valence-corrected chi connectivity index (χ4v) is 21.7. The fourth-order valence-electron chi connectivity index (χ4n) is 20.5. The minimum absolute atomic E-state index is 0.209. The third-order valence-electron chi connectivity index (χ3n) is 25.1. The molecule has 0 saturated heterocycles. The lowest BCUT2D eigenvalue weighted by Gasteiger charge is -2.48. The van der Waals surface area contributed by atoms with Crippen LogP contribution in [0.3, 0.4) is 0 Å². The van der Waals surface area contributed by atoms with Crippen molar-refractivity contribution in [2.75, 3.05) is 29.4 Å². The zero-order valence-corrected chi connectivity index (χ0v) is 65.1. The van der Waals surface area contributed by atoms with E-state index in [2.05, 4.69) is 466 Å². The zero-order chi connectivity index (χ0) is 77.5. The van der Waals surface area contributed by atoms with Crippen molar-refractivity contribution in [3.8, 4) is 33.4 Å². The van der Waals surface area contributed by atoms with Crippen molar-refractivity contribution < 1.29 is 0 Å². The summed E-state index contributed by atoms with van der Waals surface area (Å²) in [6, 6.07) is 164. The standard InChI is InChI=1S/C109H72B2N6S/c1-10-37-73(38-11-1)84-57-36-58-85(74-39-12-2-13-40-74)108(84)117-99-72-105-91(70-95(99)111-93-62-33-35-64-97(93)115(80-51-24-8-25-52-80)101-66-83(68-103(117)107(101)111)113(77-45-18-5-19-46-77)78-47-20-6-21-48-78)109(88-59-30-28-55-86(88)87-56-29-31-60-89(87)109)90-69-94-98(71-104(90)118-105)116(81-53-26-9-27-54-81)102-67-82(112(75-41-14-3-15-42-75)76-43-16-4-17-44-76)65-100-106(102)110(94)92-61-32-34-63-96(92)114(100)79-49-22-7-23-50-79/h1-72H. The van der Waals surface area contributed by atoms with Gasteiger partial charge in [-0.1, -0.05) is 315 Å². The van der Waals surface area contributed by atoms with Gasteiger partial charge < -0.3 is 29.4 Å². The van der Waals surface area contributed by atoms with Crippen molar-refractivity contribution in [3.05, 3.63) is 459 Å². The van der Waals surface area contributed by atoms with Gasteiger partial charge in [-0.15, -0.1) is 0 Å². The molecule has 0 saturated carbocycles. The Morgan fingerprint density at radius 3 is 0.890 bits per heavy atom. The lowest BCUT2D eigenvalue weighted by Crippen LogP contribution is -2.62. The van der Waals surface area contributed by atoms with Crippen LogP contribution in [-0.4, -0.2) is 13.4 Å². The molecule has 0 aromatic heterocycles. The molecule has 0 fully saturated rings. The molecule has 550 valence electrons. The van der Waals surface area contributed by atoms with Crippen molar-refractivity contribution >= 4 is 160 Å². The lowest BCUT2D eigenvalue weighted by molar-refractivity contribution is 0.724. The summed E-state index contributed by atoms with van der Waals surface area (Å²) >= 11 is 1.93. The van der Waals surface area contributed by atoms with Crippen LogP contribution in [0, 0.1) is 0 Å². The quantitative estimate of drug-likeness (QED) is 0.112. The predicted octanol–water partition coefficient (Wildman–Crippen LogP) is 25.0. The van der Waals surface area contributed by atoms with Gasteiger partial charge in [0, 0.05) is 106 Å². The van der Waals surface area contributed by atoms with Crippen molar-refractivity contribution in [2.24, 2.45) is 0 Å². The van der Waals surface area contributed by atoms with E-state index in [1.807, 2.05) is 11.8 Å². The summed E-state index contributed by atoms with van der Waals surface area (Å²) in [5, 5.41) is 0. The van der Waals surface area contributed by atoms with E-state index in [0.29, 0.717) is 0 Å². The summed E-state index contributed by atoms with van der Waals surface area (Å²) in [5.41, 5.74) is 38.5. The van der Waals surface area contributed by atoms with Crippen molar-refractivity contribution in [2.45, 2.75) is 15.2 Å². The van der Waals surface area contributed by atoms with Gasteiger partial charge in [0.15, 0.2) is 0 Å². The molecule has 118 heavy (non-hydrogen) atoms. The van der Waals surface area contributed by atoms with Gasteiger partial charge in [0.25, 0.3) is 13.4 Å². The topological polar surface area (TPSA) is 19.4 Å². The smallest absolute Gasteiger partial charge is 0.252 e. The normalized spacial score (nSPS) is 13.5. The van der Waals surface area contributed by atoms with Crippen molar-refractivity contribution in [1.29, 1.82) is 0 Å². The summed E-state index contributed by atoms with van der Waals surface area (Å²) < 4.78 is 0. The maximum absolute atomic E-state index is 2.73. The van der Waals surface area contributed by atoms with Crippen LogP contribution in [0.2, 0.25) is 0 Å². The van der Waals surface area contributed by atoms with Gasteiger partial charge >= 0.3 is 0 Å². The molecule has 0 unspecified atom stereocenters. The highest BCUT2D eigenvalue weighted by atomic mass is 32.2. The van der Waals surface area contributed by atoms with Crippen LogP contribution in [0.5, 0.6) is 0 Å². The van der Waals surface area contributed by atoms with Crippen molar-refractivity contribution in [3.63, 3.8) is 0 Å². The molecule has 6 nitrogen and oxygen atoms in total. The van der Waals surface area contributed by atoms with Gasteiger partial charge in [-0.05, 0) is 211 Å². The first-order valence-corrected chi connectivity index (χ1v) is 41.6. The highest BCUT2D eigenvalue weighted by Crippen LogP contribution is 2.65. The molecule has 24 rings (SSSR count). The van der Waals surface area contributed by atoms with Gasteiger partial charge in [0.2, 0.25) is 0 Å². The van der Waals surface area contributed by atoms with E-state index < -0.39 is 5.41 Å². The Hall–Kier alpha value is -14.8. The summed E-state index contributed by atoms with van der Waals surface area (Å²) in [6.45, 7) is -0.471. The lowest BCUT2D eigenvalue weighted by atomic mass is 9.33. The Labute approximate surface area is 692 Å². The van der Waals surface area contributed by atoms with Crippen LogP contribution in [0.15, 0.2) is 447 Å². The number of fused-ring (bicyclic) bond motifs is 17. The molecule has 0 N–H and O–H groups in total. The molecule has 0 atom stereocenters. The van der Waals surface area contributed by atoms with Gasteiger partial charge in [-0.2, -0.15) is 0 Å². The molecule has 5 aliphatic heterocycles. The molecular weight excluding hydrogens is 1450 g/mol. The van der Waals surface area contributed by atoms with Gasteiger partial charge in [-0.3, -0.25) is 0 Å². The van der Waals surface area contributed by atoms with Crippen molar-refractivity contribution in [1.82, 2.24) is 0 Å². The fraction of sp³-hybridized carbons (Fsp3) is 0.00917. The Balaban J connectivity index is 0.830. The average Bonchev–Trinajstić information content (AvgIpc) is 1.30. The third-order valence-corrected chi connectivity index (χ3v) is 26.3. The van der Waals surface area contributed by atoms with E-state index >= 15 is 0 Å². The monoisotopic (exact) mass is 1520 g/mol. The minimum atomic E-state index is -0.848. The minimum Gasteiger partial charge on any atom is -0.311 e. The Morgan fingerprint density at radius 2 is 0.508 bits per heavy atom. The largest absolute Gasteiger partial charge is 0.311 e. The van der Waals surface area contributed by atoms with Gasteiger partial charge in [-0.25, -0.2) is 0 Å². The van der Waals surface area contributed by atoms with E-state index in [1.165, 1.54) is 75.9 Å². The molecule has 1 aliphatic carbocycles. The molecule has 18 aromatic rings. The van der Waals surface area contributed by atoms with E-state index in [-0.39, 0.29) is 13.4 Å². The molecule has 6 aliphatic rings. The number of para-hydroxylation sites is 10. The summed E-state index contributed by atoms with van der Waals surface area (Å²) in [6.07, 6.45) is 0. The second-order valence-electron chi connectivity index (χ2n) is 31.3. The van der Waals surface area contributed by atoms with E-state index in [1.54, 1.807) is 0 Å². The van der Waals surface area contributed by atoms with Crippen LogP contribution < -0.4 is 62.2 Å². The maximum Gasteiger partial charge on any atom is 0.252 e. The van der Waals surface area contributed by atoms with E-state index in [0.717, 1.165) is 125 Å². The second kappa shape index (κ2) is 27.2. The first-order valence-electron chi connectivity index (χ1n) is 40.8. The first-order chi connectivity index (χ1) is 58.6. The summed E-state index contributed by atoms with van der Waals surface area (Å²) in [4.78, 5) is 17.7. The molecule has 18 aromatic carbocycles. The van der Waals surface area contributed by atoms with E-state index in [4.69, 9.17) is 0 Å². The summed E-state index contributed by atoms with van der Waals surface area (Å²) in [5.74, 6) is 0. The highest BCUT2D eigenvalue weighted by molar-refractivity contribution is 7.99. The number of hydrogen-bond donors (Lipinski definition) is 0. The van der Waals surface area contributed by atoms with Gasteiger partial charge in [0.05, 0.1) is 22.5 Å². The first kappa shape index (κ1) is 67.7. The van der Waals surface area contributed by atoms with E-state index in [9.17, 15) is 0 Å². The Morgan fingerprint density at radius 1 is 0.212 bits per heavy atom. The van der Waals surface area contributed by atoms with Crippen LogP contribution in [-0.2, 0) is 5.41 Å². The molecule has 0 radical (unpaired) electrons. The Bertz CT molecular complexity index is 6830. The van der Waals surface area contributed by atoms with Crippen LogP contribution in [0.1, 0.15) is 22.3 Å². The van der Waals surface area contributed by atoms with Crippen LogP contribution in [0.25, 0.3) is 33.4 Å². The number of anilines is 18. The average molecular weight is 1520 g/mol. The molecule has 9 heteroatoms. The maximum atomic E-state index is 2.73. The number of benzene rings is 18. The SMILES string of the molecule is c1ccc(-c2cccc(-c3ccccc3)c2N2c3cc4c(cc3B3c5ccccc5N(c5ccccc5)c5cc(N(c6ccccc6)c6ccccc6)cc2c53)C2(c3cc5c(cc3S4)N(c3ccccc3)c3cc(N(c4ccccc4)c4ccccc4)cc4c3B5c3ccccc3N4c3ccccc3)c3ccccc3-c3ccccc32)cc1. The Kier molecular flexibility index (Phi) is 15.6. The number of rotatable bonds is 12. The predicted molar refractivity (Wildman–Crippen MR) is 496 cm³/mol. The molecule has 1 spiro atoms. The van der Waals surface area contributed by atoms with Crippen LogP contribution in [0.4, 0.5) is 102 Å². The number of hydrogen-bond acceptors (Lipinski definition) is 7. The molecule has 5 heterocycles. The molecule has 0 bridgehead atoms. The van der Waals surface area contributed by atoms with Crippen LogP contribution >= 0.6 is 11.8 Å². The summed E-state index contributed by atoms with van der Waals surface area (Å²) in [7, 11) is 0. The van der Waals surface area contributed by atoms with Gasteiger partial charge in [0.1, 0.15) is 0 Å². The molecule has 0 amide bonds. The third kappa shape index (κ3) is 10.2. The number of nitrogens with zero attached hydrogens (tertiary/aromatic N) is 6. The zero-order valence-electron chi connectivity index (χ0n) is 64.3.